The van der Waals surface area contributed by atoms with Gasteiger partial charge in [-0.2, -0.15) is 0 Å². The standard InChI is InChI=1S/C26H27BrN4O5S/c1-5-7-12-37-26-28-24(34)22-18-10-8-9-11-20(18)30(15(3)32)25(31(22)29-26)17-13-19(27)23(36-16(4)33)21(14-17)35-6-2/h8-11,13-14,25H,5-7,12H2,1-4H3/p+1/t25-/m0/s1. The molecule has 1 aromatic heterocycles. The van der Waals surface area contributed by atoms with Crippen molar-refractivity contribution in [3.63, 3.8) is 0 Å². The number of hydrogen-bond donors (Lipinski definition) is 1. The fourth-order valence-electron chi connectivity index (χ4n) is 4.23. The summed E-state index contributed by atoms with van der Waals surface area (Å²) in [6.45, 7) is 7.04. The Hall–Kier alpha value is -3.18. The molecule has 1 aliphatic rings. The topological polar surface area (TPSA) is 105 Å². The summed E-state index contributed by atoms with van der Waals surface area (Å²) in [7, 11) is 0. The zero-order chi connectivity index (χ0) is 26.7. The summed E-state index contributed by atoms with van der Waals surface area (Å²) in [5.41, 5.74) is 1.86. The summed E-state index contributed by atoms with van der Waals surface area (Å²) in [5, 5.41) is 5.27. The summed E-state index contributed by atoms with van der Waals surface area (Å²) >= 11 is 4.96. The Morgan fingerprint density at radius 3 is 2.65 bits per heavy atom. The van der Waals surface area contributed by atoms with Gasteiger partial charge in [0.05, 0.1) is 27.9 Å². The monoisotopic (exact) mass is 587 g/mol. The number of carbonyl (C=O) groups excluding carboxylic acids is 2. The third-order valence-corrected chi connectivity index (χ3v) is 7.25. The van der Waals surface area contributed by atoms with Crippen LogP contribution in [0.1, 0.15) is 52.3 Å². The van der Waals surface area contributed by atoms with Crippen molar-refractivity contribution in [2.45, 2.75) is 51.9 Å². The van der Waals surface area contributed by atoms with Crippen molar-refractivity contribution in [1.29, 1.82) is 0 Å². The third kappa shape index (κ3) is 5.42. The second-order valence-electron chi connectivity index (χ2n) is 8.39. The van der Waals surface area contributed by atoms with E-state index in [1.165, 1.54) is 25.6 Å². The maximum Gasteiger partial charge on any atom is 0.325 e. The summed E-state index contributed by atoms with van der Waals surface area (Å²) in [5.74, 6) is 0.648. The molecule has 0 saturated heterocycles. The summed E-state index contributed by atoms with van der Waals surface area (Å²) < 4.78 is 13.3. The second kappa shape index (κ2) is 11.5. The highest BCUT2D eigenvalue weighted by atomic mass is 79.9. The number of thioether (sulfide) groups is 1. The zero-order valence-electron chi connectivity index (χ0n) is 21.0. The Bertz CT molecular complexity index is 1410. The van der Waals surface area contributed by atoms with E-state index in [0.717, 1.165) is 18.6 Å². The summed E-state index contributed by atoms with van der Waals surface area (Å²) in [6.07, 6.45) is 1.20. The molecule has 0 aliphatic carbocycles. The molecule has 2 heterocycles. The molecule has 1 N–H and O–H groups in total. The van der Waals surface area contributed by atoms with Gasteiger partial charge in [0, 0.05) is 24.7 Å². The van der Waals surface area contributed by atoms with Gasteiger partial charge in [0.15, 0.2) is 11.5 Å². The van der Waals surface area contributed by atoms with E-state index in [1.54, 1.807) is 27.8 Å². The number of aromatic nitrogens is 3. The Kier molecular flexibility index (Phi) is 8.33. The van der Waals surface area contributed by atoms with Gasteiger partial charge in [0.1, 0.15) is 0 Å². The number of halogens is 1. The van der Waals surface area contributed by atoms with Gasteiger partial charge in [-0.15, -0.1) is 0 Å². The number of para-hydroxylation sites is 1. The van der Waals surface area contributed by atoms with Crippen molar-refractivity contribution in [3.05, 3.63) is 56.8 Å². The zero-order valence-corrected chi connectivity index (χ0v) is 23.4. The molecule has 37 heavy (non-hydrogen) atoms. The quantitative estimate of drug-likeness (QED) is 0.135. The average Bonchev–Trinajstić information content (AvgIpc) is 2.84. The van der Waals surface area contributed by atoms with Crippen LogP contribution in [0, 0.1) is 0 Å². The number of benzene rings is 2. The molecule has 0 saturated carbocycles. The van der Waals surface area contributed by atoms with Crippen molar-refractivity contribution in [3.8, 4) is 22.8 Å². The van der Waals surface area contributed by atoms with Gasteiger partial charge < -0.3 is 9.47 Å². The van der Waals surface area contributed by atoms with Crippen LogP contribution in [-0.4, -0.2) is 34.3 Å². The molecule has 1 amide bonds. The molecule has 0 bridgehead atoms. The van der Waals surface area contributed by atoms with E-state index in [-0.39, 0.29) is 17.2 Å². The Morgan fingerprint density at radius 2 is 1.97 bits per heavy atom. The van der Waals surface area contributed by atoms with Crippen LogP contribution in [0.15, 0.2) is 50.8 Å². The Balaban J connectivity index is 1.99. The van der Waals surface area contributed by atoms with E-state index < -0.39 is 12.1 Å². The van der Waals surface area contributed by atoms with E-state index in [2.05, 4.69) is 27.8 Å². The van der Waals surface area contributed by atoms with Gasteiger partial charge in [0.25, 0.3) is 6.17 Å². The largest absolute Gasteiger partial charge is 0.490 e. The predicted octanol–water partition coefficient (Wildman–Crippen LogP) is 4.62. The molecule has 0 radical (unpaired) electrons. The first-order chi connectivity index (χ1) is 17.8. The molecule has 0 fully saturated rings. The molecule has 11 heteroatoms. The number of esters is 1. The van der Waals surface area contributed by atoms with E-state index >= 15 is 0 Å². The van der Waals surface area contributed by atoms with Gasteiger partial charge >= 0.3 is 17.2 Å². The minimum absolute atomic E-state index is 0.226. The molecule has 194 valence electrons. The van der Waals surface area contributed by atoms with E-state index in [1.807, 2.05) is 25.1 Å². The Morgan fingerprint density at radius 1 is 1.22 bits per heavy atom. The number of carbonyl (C=O) groups is 2. The number of ether oxygens (including phenoxy) is 2. The highest BCUT2D eigenvalue weighted by Gasteiger charge is 2.45. The molecular formula is C26H28BrN4O5S+. The average molecular weight is 589 g/mol. The Labute approximate surface area is 227 Å². The van der Waals surface area contributed by atoms with Crippen molar-refractivity contribution in [1.82, 2.24) is 10.1 Å². The molecule has 3 aromatic rings. The van der Waals surface area contributed by atoms with Crippen LogP contribution in [0.2, 0.25) is 0 Å². The van der Waals surface area contributed by atoms with Gasteiger partial charge in [-0.1, -0.05) is 37.2 Å². The van der Waals surface area contributed by atoms with E-state index in [0.29, 0.717) is 44.5 Å². The highest BCUT2D eigenvalue weighted by molar-refractivity contribution is 9.10. The van der Waals surface area contributed by atoms with Crippen LogP contribution in [0.3, 0.4) is 0 Å². The van der Waals surface area contributed by atoms with Crippen LogP contribution in [0.4, 0.5) is 5.69 Å². The van der Waals surface area contributed by atoms with Crippen molar-refractivity contribution in [2.75, 3.05) is 17.3 Å². The first-order valence-corrected chi connectivity index (χ1v) is 13.8. The fourth-order valence-corrected chi connectivity index (χ4v) is 5.71. The van der Waals surface area contributed by atoms with Gasteiger partial charge in [-0.05, 0) is 58.2 Å². The number of rotatable bonds is 8. The van der Waals surface area contributed by atoms with E-state index in [4.69, 9.17) is 14.6 Å². The molecule has 2 aromatic carbocycles. The van der Waals surface area contributed by atoms with Gasteiger partial charge in [0.2, 0.25) is 11.1 Å². The number of fused-ring (bicyclic) bond motifs is 3. The maximum atomic E-state index is 13.4. The molecule has 9 nitrogen and oxygen atoms in total. The number of unbranched alkanes of at least 4 members (excludes halogenated alkanes) is 1. The summed E-state index contributed by atoms with van der Waals surface area (Å²) in [4.78, 5) is 42.8. The third-order valence-electron chi connectivity index (χ3n) is 5.71. The molecule has 0 unspecified atom stereocenters. The van der Waals surface area contributed by atoms with Gasteiger partial charge in [-0.25, -0.2) is 4.90 Å². The SMILES string of the molecule is CCCCSc1n[n+]2c(c(=O)[nH]1)-c1ccccc1N(C(C)=O)[C@@H]2c1cc(Br)c(OC(C)=O)c(OCC)c1. The fraction of sp³-hybridized carbons (Fsp3) is 0.346. The number of nitrogens with zero attached hydrogens (tertiary/aromatic N) is 3. The number of hydrogen-bond acceptors (Lipinski definition) is 7. The lowest BCUT2D eigenvalue weighted by Gasteiger charge is -2.31. The molecule has 1 atom stereocenters. The summed E-state index contributed by atoms with van der Waals surface area (Å²) in [6, 6.07) is 10.7. The highest BCUT2D eigenvalue weighted by Crippen LogP contribution is 2.42. The smallest absolute Gasteiger partial charge is 0.325 e. The normalized spacial score (nSPS) is 14.1. The first-order valence-electron chi connectivity index (χ1n) is 12.0. The lowest BCUT2D eigenvalue weighted by atomic mass is 10.0. The van der Waals surface area contributed by atoms with Crippen LogP contribution in [0.25, 0.3) is 11.3 Å². The molecule has 0 spiro atoms. The number of anilines is 1. The van der Waals surface area contributed by atoms with Crippen molar-refractivity contribution >= 4 is 45.3 Å². The van der Waals surface area contributed by atoms with Crippen molar-refractivity contribution in [2.24, 2.45) is 0 Å². The number of H-pyrrole nitrogens is 1. The minimum Gasteiger partial charge on any atom is -0.490 e. The lowest BCUT2D eigenvalue weighted by Crippen LogP contribution is -2.60. The van der Waals surface area contributed by atoms with Crippen LogP contribution < -0.4 is 24.6 Å². The minimum atomic E-state index is -0.794. The number of amides is 1. The van der Waals surface area contributed by atoms with Crippen LogP contribution in [-0.2, 0) is 9.59 Å². The number of nitrogens with one attached hydrogen (secondary N) is 1. The van der Waals surface area contributed by atoms with E-state index in [9.17, 15) is 14.4 Å². The first kappa shape index (κ1) is 26.9. The molecular weight excluding hydrogens is 560 g/mol. The van der Waals surface area contributed by atoms with Gasteiger partial charge in [-0.3, -0.25) is 19.4 Å². The lowest BCUT2D eigenvalue weighted by molar-refractivity contribution is -0.763. The molecule has 4 rings (SSSR count). The van der Waals surface area contributed by atoms with Crippen LogP contribution in [0.5, 0.6) is 11.5 Å². The van der Waals surface area contributed by atoms with Crippen molar-refractivity contribution < 1.29 is 23.7 Å². The maximum absolute atomic E-state index is 13.4. The second-order valence-corrected chi connectivity index (χ2v) is 10.3. The number of aromatic amines is 1. The molecule has 1 aliphatic heterocycles. The predicted molar refractivity (Wildman–Crippen MR) is 144 cm³/mol. The van der Waals surface area contributed by atoms with Crippen LogP contribution >= 0.6 is 27.7 Å².